The van der Waals surface area contributed by atoms with Gasteiger partial charge in [0.25, 0.3) is 5.91 Å². The summed E-state index contributed by atoms with van der Waals surface area (Å²) in [6.45, 7) is 2.48. The Balaban J connectivity index is 1.49. The number of aromatic nitrogens is 1. The predicted octanol–water partition coefficient (Wildman–Crippen LogP) is 2.80. The standard InChI is InChI=1S/C19H27N3O2/c23-17-8-10-19(14-22(17)15-5-1-2-6-15)9-4-12-21(13-19)18(24)16-7-3-11-20-16/h3,7,11,15,20H,1-2,4-6,8-10,12-14H2. The first-order valence-electron chi connectivity index (χ1n) is 9.39. The lowest BCUT2D eigenvalue weighted by Gasteiger charge is -2.49. The molecule has 3 fully saturated rings. The van der Waals surface area contributed by atoms with Crippen LogP contribution in [0.5, 0.6) is 0 Å². The molecule has 2 saturated heterocycles. The molecule has 3 aliphatic rings. The van der Waals surface area contributed by atoms with Crippen molar-refractivity contribution in [3.8, 4) is 0 Å². The highest BCUT2D eigenvalue weighted by Crippen LogP contribution is 2.41. The Morgan fingerprint density at radius 3 is 2.75 bits per heavy atom. The SMILES string of the molecule is O=C(c1ccc[nH]1)N1CCCC2(CCC(=O)N(C3CCCC3)C2)C1. The summed E-state index contributed by atoms with van der Waals surface area (Å²) in [5.41, 5.74) is 0.781. The molecule has 1 atom stereocenters. The van der Waals surface area contributed by atoms with Crippen molar-refractivity contribution in [3.63, 3.8) is 0 Å². The zero-order chi connectivity index (χ0) is 16.6. The molecular weight excluding hydrogens is 302 g/mol. The highest BCUT2D eigenvalue weighted by molar-refractivity contribution is 5.92. The zero-order valence-electron chi connectivity index (χ0n) is 14.3. The minimum Gasteiger partial charge on any atom is -0.357 e. The summed E-state index contributed by atoms with van der Waals surface area (Å²) in [6.07, 6.45) is 10.4. The molecule has 1 unspecified atom stereocenters. The van der Waals surface area contributed by atoms with Crippen molar-refractivity contribution in [2.24, 2.45) is 5.41 Å². The van der Waals surface area contributed by atoms with E-state index in [9.17, 15) is 9.59 Å². The van der Waals surface area contributed by atoms with Crippen LogP contribution in [0.3, 0.4) is 0 Å². The summed E-state index contributed by atoms with van der Waals surface area (Å²) in [5, 5.41) is 0. The maximum absolute atomic E-state index is 12.7. The summed E-state index contributed by atoms with van der Waals surface area (Å²) in [4.78, 5) is 32.3. The molecule has 0 aromatic carbocycles. The maximum atomic E-state index is 12.7. The summed E-state index contributed by atoms with van der Waals surface area (Å²) in [7, 11) is 0. The Labute approximate surface area is 143 Å². The van der Waals surface area contributed by atoms with Gasteiger partial charge in [-0.05, 0) is 44.2 Å². The van der Waals surface area contributed by atoms with E-state index in [-0.39, 0.29) is 11.3 Å². The van der Waals surface area contributed by atoms with E-state index < -0.39 is 0 Å². The van der Waals surface area contributed by atoms with Crippen molar-refractivity contribution in [3.05, 3.63) is 24.0 Å². The van der Waals surface area contributed by atoms with Gasteiger partial charge in [0.05, 0.1) is 0 Å². The van der Waals surface area contributed by atoms with E-state index in [4.69, 9.17) is 0 Å². The third kappa shape index (κ3) is 2.85. The molecule has 0 radical (unpaired) electrons. The van der Waals surface area contributed by atoms with Gasteiger partial charge in [0.15, 0.2) is 0 Å². The average Bonchev–Trinajstić information content (AvgIpc) is 3.30. The van der Waals surface area contributed by atoms with Crippen molar-refractivity contribution >= 4 is 11.8 Å². The Morgan fingerprint density at radius 1 is 1.17 bits per heavy atom. The molecule has 1 aliphatic carbocycles. The average molecular weight is 329 g/mol. The predicted molar refractivity (Wildman–Crippen MR) is 91.6 cm³/mol. The lowest BCUT2D eigenvalue weighted by molar-refractivity contribution is -0.142. The van der Waals surface area contributed by atoms with Gasteiger partial charge in [0.2, 0.25) is 5.91 Å². The van der Waals surface area contributed by atoms with Gasteiger partial charge < -0.3 is 14.8 Å². The molecule has 0 bridgehead atoms. The van der Waals surface area contributed by atoms with Gasteiger partial charge in [-0.25, -0.2) is 0 Å². The number of carbonyl (C=O) groups excluding carboxylic acids is 2. The number of hydrogen-bond acceptors (Lipinski definition) is 2. The number of rotatable bonds is 2. The third-order valence-electron chi connectivity index (χ3n) is 6.24. The van der Waals surface area contributed by atoms with Crippen LogP contribution in [0.15, 0.2) is 18.3 Å². The highest BCUT2D eigenvalue weighted by Gasteiger charge is 2.44. The molecule has 3 heterocycles. The molecule has 1 aromatic rings. The number of hydrogen-bond donors (Lipinski definition) is 1. The van der Waals surface area contributed by atoms with Crippen LogP contribution in [-0.2, 0) is 4.79 Å². The van der Waals surface area contributed by atoms with Crippen molar-refractivity contribution in [1.29, 1.82) is 0 Å². The van der Waals surface area contributed by atoms with Gasteiger partial charge in [-0.15, -0.1) is 0 Å². The number of nitrogens with zero attached hydrogens (tertiary/aromatic N) is 2. The van der Waals surface area contributed by atoms with Gasteiger partial charge in [0, 0.05) is 43.7 Å². The van der Waals surface area contributed by atoms with E-state index in [1.165, 1.54) is 12.8 Å². The first-order chi connectivity index (χ1) is 11.7. The smallest absolute Gasteiger partial charge is 0.270 e. The molecule has 5 nitrogen and oxygen atoms in total. The normalized spacial score (nSPS) is 28.8. The zero-order valence-corrected chi connectivity index (χ0v) is 14.3. The molecule has 1 spiro atoms. The molecule has 1 aromatic heterocycles. The van der Waals surface area contributed by atoms with E-state index in [0.29, 0.717) is 24.1 Å². The van der Waals surface area contributed by atoms with Crippen LogP contribution in [0.1, 0.15) is 61.9 Å². The summed E-state index contributed by atoms with van der Waals surface area (Å²) in [5.74, 6) is 0.434. The number of aromatic amines is 1. The van der Waals surface area contributed by atoms with Crippen LogP contribution < -0.4 is 0 Å². The lowest BCUT2D eigenvalue weighted by atomic mass is 9.73. The Hall–Kier alpha value is -1.78. The minimum absolute atomic E-state index is 0.100. The molecule has 24 heavy (non-hydrogen) atoms. The van der Waals surface area contributed by atoms with Gasteiger partial charge in [-0.3, -0.25) is 9.59 Å². The summed E-state index contributed by atoms with van der Waals surface area (Å²) < 4.78 is 0. The van der Waals surface area contributed by atoms with E-state index in [1.54, 1.807) is 6.20 Å². The second-order valence-electron chi connectivity index (χ2n) is 7.87. The van der Waals surface area contributed by atoms with E-state index in [1.807, 2.05) is 17.0 Å². The van der Waals surface area contributed by atoms with Crippen LogP contribution in [0, 0.1) is 5.41 Å². The fraction of sp³-hybridized carbons (Fsp3) is 0.684. The third-order valence-corrected chi connectivity index (χ3v) is 6.24. The summed E-state index contributed by atoms with van der Waals surface area (Å²) in [6, 6.07) is 4.16. The Morgan fingerprint density at radius 2 is 2.00 bits per heavy atom. The second kappa shape index (κ2) is 6.26. The van der Waals surface area contributed by atoms with Crippen molar-refractivity contribution < 1.29 is 9.59 Å². The fourth-order valence-corrected chi connectivity index (χ4v) is 4.94. The largest absolute Gasteiger partial charge is 0.357 e. The fourth-order valence-electron chi connectivity index (χ4n) is 4.94. The number of amides is 2. The van der Waals surface area contributed by atoms with E-state index in [2.05, 4.69) is 9.88 Å². The van der Waals surface area contributed by atoms with Crippen LogP contribution in [-0.4, -0.2) is 52.3 Å². The number of likely N-dealkylation sites (tertiary alicyclic amines) is 2. The van der Waals surface area contributed by atoms with Crippen LogP contribution in [0.4, 0.5) is 0 Å². The topological polar surface area (TPSA) is 56.4 Å². The van der Waals surface area contributed by atoms with Crippen LogP contribution in [0.25, 0.3) is 0 Å². The van der Waals surface area contributed by atoms with Crippen molar-refractivity contribution in [2.75, 3.05) is 19.6 Å². The molecule has 1 N–H and O–H groups in total. The number of H-pyrrole nitrogens is 1. The first-order valence-corrected chi connectivity index (χ1v) is 9.39. The molecule has 2 aliphatic heterocycles. The van der Waals surface area contributed by atoms with Crippen LogP contribution >= 0.6 is 0 Å². The number of nitrogens with one attached hydrogen (secondary N) is 1. The van der Waals surface area contributed by atoms with E-state index >= 15 is 0 Å². The summed E-state index contributed by atoms with van der Waals surface area (Å²) >= 11 is 0. The monoisotopic (exact) mass is 329 g/mol. The second-order valence-corrected chi connectivity index (χ2v) is 7.87. The Kier molecular flexibility index (Phi) is 4.10. The van der Waals surface area contributed by atoms with Crippen molar-refractivity contribution in [2.45, 2.75) is 57.4 Å². The molecule has 4 rings (SSSR count). The van der Waals surface area contributed by atoms with Gasteiger partial charge in [-0.2, -0.15) is 0 Å². The molecule has 130 valence electrons. The number of piperidine rings is 2. The Bertz CT molecular complexity index is 606. The molecule has 1 saturated carbocycles. The van der Waals surface area contributed by atoms with Gasteiger partial charge in [-0.1, -0.05) is 12.8 Å². The van der Waals surface area contributed by atoms with Gasteiger partial charge >= 0.3 is 0 Å². The number of carbonyl (C=O) groups is 2. The minimum atomic E-state index is 0.100. The lowest BCUT2D eigenvalue weighted by Crippen LogP contribution is -2.56. The van der Waals surface area contributed by atoms with Crippen molar-refractivity contribution in [1.82, 2.24) is 14.8 Å². The van der Waals surface area contributed by atoms with Crippen LogP contribution in [0.2, 0.25) is 0 Å². The quantitative estimate of drug-likeness (QED) is 0.907. The highest BCUT2D eigenvalue weighted by atomic mass is 16.2. The molecule has 2 amide bonds. The van der Waals surface area contributed by atoms with Gasteiger partial charge in [0.1, 0.15) is 5.69 Å². The molecular formula is C19H27N3O2. The maximum Gasteiger partial charge on any atom is 0.270 e. The molecule has 5 heteroatoms. The first kappa shape index (κ1) is 15.7. The van der Waals surface area contributed by atoms with E-state index in [0.717, 1.165) is 51.7 Å².